The van der Waals surface area contributed by atoms with Gasteiger partial charge in [-0.1, -0.05) is 6.92 Å². The summed E-state index contributed by atoms with van der Waals surface area (Å²) in [5.41, 5.74) is 0. The first kappa shape index (κ1) is 13.3. The van der Waals surface area contributed by atoms with Gasteiger partial charge in [0, 0.05) is 25.7 Å². The van der Waals surface area contributed by atoms with Crippen LogP contribution in [0.15, 0.2) is 0 Å². The van der Waals surface area contributed by atoms with Gasteiger partial charge in [-0.3, -0.25) is 0 Å². The van der Waals surface area contributed by atoms with E-state index in [9.17, 15) is 0 Å². The normalized spacial score (nSPS) is 35.3. The minimum absolute atomic E-state index is 0.471. The molecule has 2 heterocycles. The summed E-state index contributed by atoms with van der Waals surface area (Å²) in [4.78, 5) is 2.65. The molecule has 2 rings (SSSR count). The van der Waals surface area contributed by atoms with Gasteiger partial charge >= 0.3 is 0 Å². The average Bonchev–Trinajstić information content (AvgIpc) is 2.73. The molecule has 17 heavy (non-hydrogen) atoms. The molecule has 1 N–H and O–H groups in total. The molecule has 2 fully saturated rings. The Balaban J connectivity index is 1.73. The predicted molar refractivity (Wildman–Crippen MR) is 71.3 cm³/mol. The van der Waals surface area contributed by atoms with Crippen LogP contribution in [-0.4, -0.2) is 49.8 Å². The molecule has 0 amide bonds. The van der Waals surface area contributed by atoms with E-state index in [0.717, 1.165) is 18.6 Å². The maximum absolute atomic E-state index is 5.66. The third kappa shape index (κ3) is 3.94. The molecule has 3 unspecified atom stereocenters. The lowest BCUT2D eigenvalue weighted by Crippen LogP contribution is -2.47. The molecular weight excluding hydrogens is 212 g/mol. The largest absolute Gasteiger partial charge is 0.378 e. The van der Waals surface area contributed by atoms with Crippen molar-refractivity contribution in [1.29, 1.82) is 0 Å². The van der Waals surface area contributed by atoms with Gasteiger partial charge in [-0.25, -0.2) is 0 Å². The lowest BCUT2D eigenvalue weighted by atomic mass is 9.99. The minimum atomic E-state index is 0.471. The summed E-state index contributed by atoms with van der Waals surface area (Å²) in [7, 11) is 0. The number of piperidine rings is 1. The number of nitrogens with one attached hydrogen (secondary N) is 1. The van der Waals surface area contributed by atoms with E-state index in [1.54, 1.807) is 0 Å². The Morgan fingerprint density at radius 3 is 2.94 bits per heavy atom. The molecule has 0 aromatic rings. The van der Waals surface area contributed by atoms with Gasteiger partial charge < -0.3 is 15.0 Å². The predicted octanol–water partition coefficient (Wildman–Crippen LogP) is 1.88. The van der Waals surface area contributed by atoms with Crippen molar-refractivity contribution in [2.24, 2.45) is 5.92 Å². The van der Waals surface area contributed by atoms with Crippen molar-refractivity contribution in [2.75, 3.05) is 32.8 Å². The van der Waals surface area contributed by atoms with E-state index in [-0.39, 0.29) is 0 Å². The summed E-state index contributed by atoms with van der Waals surface area (Å²) >= 11 is 0. The number of hydrogen-bond donors (Lipinski definition) is 1. The van der Waals surface area contributed by atoms with Crippen molar-refractivity contribution < 1.29 is 4.74 Å². The zero-order valence-electron chi connectivity index (χ0n) is 11.5. The molecule has 0 aromatic carbocycles. The van der Waals surface area contributed by atoms with Crippen LogP contribution in [0.1, 0.15) is 39.5 Å². The highest BCUT2D eigenvalue weighted by atomic mass is 16.5. The maximum Gasteiger partial charge on any atom is 0.0588 e. The van der Waals surface area contributed by atoms with E-state index < -0.39 is 0 Å². The maximum atomic E-state index is 5.66. The van der Waals surface area contributed by atoms with Gasteiger partial charge in [-0.2, -0.15) is 0 Å². The molecule has 3 heteroatoms. The fourth-order valence-corrected chi connectivity index (χ4v) is 3.08. The van der Waals surface area contributed by atoms with Crippen LogP contribution in [0.5, 0.6) is 0 Å². The Labute approximate surface area is 106 Å². The first-order chi connectivity index (χ1) is 8.29. The average molecular weight is 240 g/mol. The van der Waals surface area contributed by atoms with Crippen LogP contribution >= 0.6 is 0 Å². The van der Waals surface area contributed by atoms with E-state index in [1.807, 2.05) is 0 Å². The van der Waals surface area contributed by atoms with Crippen molar-refractivity contribution in [3.63, 3.8) is 0 Å². The van der Waals surface area contributed by atoms with Gasteiger partial charge in [0.15, 0.2) is 0 Å². The smallest absolute Gasteiger partial charge is 0.0588 e. The Bertz CT molecular complexity index is 222. The zero-order valence-corrected chi connectivity index (χ0v) is 11.5. The summed E-state index contributed by atoms with van der Waals surface area (Å²) in [6, 6.07) is 0.723. The van der Waals surface area contributed by atoms with E-state index in [2.05, 4.69) is 24.1 Å². The summed E-state index contributed by atoms with van der Waals surface area (Å²) < 4.78 is 5.66. The van der Waals surface area contributed by atoms with Gasteiger partial charge in [0.2, 0.25) is 0 Å². The second-order valence-corrected chi connectivity index (χ2v) is 5.68. The highest BCUT2D eigenvalue weighted by Gasteiger charge is 2.28. The molecule has 0 bridgehead atoms. The number of hydrogen-bond acceptors (Lipinski definition) is 3. The third-order valence-electron chi connectivity index (χ3n) is 4.21. The van der Waals surface area contributed by atoms with Crippen LogP contribution in [0, 0.1) is 5.92 Å². The lowest BCUT2D eigenvalue weighted by molar-refractivity contribution is 0.0851. The van der Waals surface area contributed by atoms with Crippen LogP contribution in [0.2, 0.25) is 0 Å². The first-order valence-electron chi connectivity index (χ1n) is 7.37. The standard InChI is InChI=1S/C14H28N2O/c1-3-7-15-14-5-4-8-16(11-14)10-13-6-9-17-12(13)2/h12-15H,3-11H2,1-2H3. The van der Waals surface area contributed by atoms with Crippen molar-refractivity contribution in [2.45, 2.75) is 51.7 Å². The van der Waals surface area contributed by atoms with Crippen LogP contribution in [0.25, 0.3) is 0 Å². The Morgan fingerprint density at radius 2 is 2.24 bits per heavy atom. The van der Waals surface area contributed by atoms with Gasteiger partial charge in [0.25, 0.3) is 0 Å². The molecule has 2 aliphatic heterocycles. The summed E-state index contributed by atoms with van der Waals surface area (Å²) in [6.07, 6.45) is 5.67. The molecule has 2 saturated heterocycles. The van der Waals surface area contributed by atoms with E-state index in [1.165, 1.54) is 51.9 Å². The lowest BCUT2D eigenvalue weighted by Gasteiger charge is -2.35. The van der Waals surface area contributed by atoms with Crippen molar-refractivity contribution >= 4 is 0 Å². The molecular formula is C14H28N2O. The van der Waals surface area contributed by atoms with E-state index in [4.69, 9.17) is 4.74 Å². The van der Waals surface area contributed by atoms with Crippen LogP contribution in [0.3, 0.4) is 0 Å². The van der Waals surface area contributed by atoms with Crippen molar-refractivity contribution in [3.05, 3.63) is 0 Å². The molecule has 3 atom stereocenters. The summed E-state index contributed by atoms with van der Waals surface area (Å²) in [5.74, 6) is 0.764. The fourth-order valence-electron chi connectivity index (χ4n) is 3.08. The molecule has 0 aliphatic carbocycles. The number of likely N-dealkylation sites (tertiary alicyclic amines) is 1. The molecule has 0 radical (unpaired) electrons. The van der Waals surface area contributed by atoms with Gasteiger partial charge in [-0.15, -0.1) is 0 Å². The van der Waals surface area contributed by atoms with E-state index >= 15 is 0 Å². The molecule has 0 spiro atoms. The molecule has 0 aromatic heterocycles. The monoisotopic (exact) mass is 240 g/mol. The van der Waals surface area contributed by atoms with Crippen LogP contribution in [-0.2, 0) is 4.74 Å². The van der Waals surface area contributed by atoms with Crippen LogP contribution < -0.4 is 5.32 Å². The summed E-state index contributed by atoms with van der Waals surface area (Å²) in [6.45, 7) is 10.4. The van der Waals surface area contributed by atoms with E-state index in [0.29, 0.717) is 6.10 Å². The Kier molecular flexibility index (Phi) is 5.26. The topological polar surface area (TPSA) is 24.5 Å². The molecule has 3 nitrogen and oxygen atoms in total. The molecule has 0 saturated carbocycles. The molecule has 100 valence electrons. The number of ether oxygens (including phenoxy) is 1. The Hall–Kier alpha value is -0.120. The van der Waals surface area contributed by atoms with Gasteiger partial charge in [-0.05, 0) is 51.6 Å². The van der Waals surface area contributed by atoms with Gasteiger partial charge in [0.1, 0.15) is 0 Å². The van der Waals surface area contributed by atoms with Crippen molar-refractivity contribution in [3.8, 4) is 0 Å². The number of nitrogens with zero attached hydrogens (tertiary/aromatic N) is 1. The highest BCUT2D eigenvalue weighted by molar-refractivity contribution is 4.82. The quantitative estimate of drug-likeness (QED) is 0.794. The second kappa shape index (κ2) is 6.72. The van der Waals surface area contributed by atoms with Crippen molar-refractivity contribution in [1.82, 2.24) is 10.2 Å². The Morgan fingerprint density at radius 1 is 1.35 bits per heavy atom. The zero-order chi connectivity index (χ0) is 12.1. The second-order valence-electron chi connectivity index (χ2n) is 5.68. The molecule has 2 aliphatic rings. The fraction of sp³-hybridized carbons (Fsp3) is 1.00. The minimum Gasteiger partial charge on any atom is -0.378 e. The first-order valence-corrected chi connectivity index (χ1v) is 7.37. The number of rotatable bonds is 5. The highest BCUT2D eigenvalue weighted by Crippen LogP contribution is 2.23. The van der Waals surface area contributed by atoms with Gasteiger partial charge in [0.05, 0.1) is 6.10 Å². The van der Waals surface area contributed by atoms with Crippen LogP contribution in [0.4, 0.5) is 0 Å². The SMILES string of the molecule is CCCNC1CCCN(CC2CCOC2C)C1. The third-order valence-corrected chi connectivity index (χ3v) is 4.21. The summed E-state index contributed by atoms with van der Waals surface area (Å²) in [5, 5.41) is 3.66.